The quantitative estimate of drug-likeness (QED) is 0.253. The number of halogens is 2. The smallest absolute Gasteiger partial charge is 0.134 e. The van der Waals surface area contributed by atoms with Crippen LogP contribution >= 0.6 is 23.2 Å². The van der Waals surface area contributed by atoms with Gasteiger partial charge in [-0.3, -0.25) is 0 Å². The first-order valence-electron chi connectivity index (χ1n) is 12.6. The molecule has 2 aliphatic rings. The Morgan fingerprint density at radius 3 is 2.14 bits per heavy atom. The van der Waals surface area contributed by atoms with E-state index >= 15 is 0 Å². The third-order valence-corrected chi connectivity index (χ3v) is 8.47. The molecule has 1 saturated carbocycles. The molecule has 0 radical (unpaired) electrons. The van der Waals surface area contributed by atoms with Crippen molar-refractivity contribution in [3.05, 3.63) is 87.0 Å². The fourth-order valence-electron chi connectivity index (χ4n) is 6.11. The zero-order chi connectivity index (χ0) is 24.8. The highest BCUT2D eigenvalue weighted by molar-refractivity contribution is 6.35. The molecule has 5 heteroatoms. The molecule has 1 fully saturated rings. The molecule has 1 aliphatic carbocycles. The van der Waals surface area contributed by atoms with Gasteiger partial charge in [0, 0.05) is 46.1 Å². The van der Waals surface area contributed by atoms with Crippen molar-refractivity contribution in [1.29, 1.82) is 0 Å². The molecule has 0 saturated heterocycles. The minimum absolute atomic E-state index is 0.162. The zero-order valence-corrected chi connectivity index (χ0v) is 22.3. The number of hydrogen-bond acceptors (Lipinski definition) is 2. The van der Waals surface area contributed by atoms with Gasteiger partial charge < -0.3 is 14.6 Å². The van der Waals surface area contributed by atoms with Crippen LogP contribution < -0.4 is 9.38 Å². The van der Waals surface area contributed by atoms with E-state index in [-0.39, 0.29) is 10.2 Å². The normalized spacial score (nSPS) is 20.1. The van der Waals surface area contributed by atoms with Gasteiger partial charge in [-0.15, -0.1) is 0 Å². The number of ether oxygens (including phenoxy) is 1. The molecule has 1 heterocycles. The first kappa shape index (κ1) is 24.6. The van der Waals surface area contributed by atoms with Gasteiger partial charge >= 0.3 is 0 Å². The second kappa shape index (κ2) is 9.12. The highest BCUT2D eigenvalue weighted by Gasteiger charge is 2.50. The summed E-state index contributed by atoms with van der Waals surface area (Å²) >= 11 is 12.5. The van der Waals surface area contributed by atoms with Crippen molar-refractivity contribution in [3.8, 4) is 16.9 Å². The van der Waals surface area contributed by atoms with Gasteiger partial charge in [0.2, 0.25) is 0 Å². The lowest BCUT2D eigenvalue weighted by molar-refractivity contribution is 0.0843. The van der Waals surface area contributed by atoms with Crippen molar-refractivity contribution in [2.75, 3.05) is 6.54 Å². The van der Waals surface area contributed by atoms with Crippen LogP contribution in [0.3, 0.4) is 0 Å². The van der Waals surface area contributed by atoms with Crippen LogP contribution in [0.1, 0.15) is 64.0 Å². The monoisotopic (exact) mass is 509 g/mol. The van der Waals surface area contributed by atoms with Crippen LogP contribution in [0.25, 0.3) is 11.1 Å². The number of benzene rings is 3. The molecule has 184 valence electrons. The van der Waals surface area contributed by atoms with Gasteiger partial charge in [0.05, 0.1) is 6.54 Å². The number of nitrogens with zero attached hydrogens (tertiary/aromatic N) is 1. The number of aryl methyl sites for hydroxylation is 1. The number of hydroxylamine groups is 2. The average Bonchev–Trinajstić information content (AvgIpc) is 3.34. The Morgan fingerprint density at radius 2 is 1.51 bits per heavy atom. The maximum Gasteiger partial charge on any atom is 0.134 e. The van der Waals surface area contributed by atoms with E-state index in [9.17, 15) is 5.21 Å². The summed E-state index contributed by atoms with van der Waals surface area (Å²) in [6, 6.07) is 20.2. The number of quaternary nitrogens is 1. The highest BCUT2D eigenvalue weighted by atomic mass is 35.5. The molecule has 3 aromatic rings. The van der Waals surface area contributed by atoms with Gasteiger partial charge in [0.15, 0.2) is 0 Å². The van der Waals surface area contributed by atoms with Crippen LogP contribution in [0, 0.1) is 5.21 Å². The van der Waals surface area contributed by atoms with E-state index in [1.165, 1.54) is 0 Å². The Kier molecular flexibility index (Phi) is 6.42. The molecule has 1 unspecified atom stereocenters. The maximum atomic E-state index is 14.9. The third kappa shape index (κ3) is 4.38. The molecular weight excluding hydrogens is 477 g/mol. The largest absolute Gasteiger partial charge is 0.627 e. The predicted octanol–water partition coefficient (Wildman–Crippen LogP) is 9.06. The fourth-order valence-corrected chi connectivity index (χ4v) is 6.64. The summed E-state index contributed by atoms with van der Waals surface area (Å²) in [7, 11) is 0. The van der Waals surface area contributed by atoms with Gasteiger partial charge in [-0.2, -0.15) is 0 Å². The highest BCUT2D eigenvalue weighted by Crippen LogP contribution is 2.51. The SMILES string of the molecule is CC[N+]([O-])(c1ccc2c(c1)CCC(C)(C)O2)C1(c2ccc(-c3cc(Cl)cc(Cl)c3)cc2)CCCC1. The fraction of sp³-hybridized carbons (Fsp3) is 0.400. The summed E-state index contributed by atoms with van der Waals surface area (Å²) in [5.41, 5.74) is 4.45. The molecule has 0 N–H and O–H groups in total. The molecule has 3 aromatic carbocycles. The molecule has 3 nitrogen and oxygen atoms in total. The van der Waals surface area contributed by atoms with Crippen LogP contribution in [0.2, 0.25) is 10.0 Å². The van der Waals surface area contributed by atoms with Crippen molar-refractivity contribution < 1.29 is 4.74 Å². The molecule has 5 rings (SSSR count). The van der Waals surface area contributed by atoms with E-state index in [0.717, 1.165) is 72.2 Å². The molecule has 1 aliphatic heterocycles. The number of rotatable bonds is 5. The van der Waals surface area contributed by atoms with Crippen molar-refractivity contribution in [3.63, 3.8) is 0 Å². The first-order valence-corrected chi connectivity index (χ1v) is 13.4. The maximum absolute atomic E-state index is 14.9. The van der Waals surface area contributed by atoms with E-state index in [1.807, 2.05) is 31.2 Å². The van der Waals surface area contributed by atoms with Crippen molar-refractivity contribution in [1.82, 2.24) is 4.65 Å². The van der Waals surface area contributed by atoms with Crippen molar-refractivity contribution in [2.45, 2.75) is 70.4 Å². The van der Waals surface area contributed by atoms with Crippen LogP contribution in [0.4, 0.5) is 5.69 Å². The van der Waals surface area contributed by atoms with Crippen LogP contribution in [0.5, 0.6) is 5.75 Å². The standard InChI is InChI=1S/C30H33Cl2NO2/c1-4-33(34,27-11-12-28-22(19-27)13-16-29(2,3)35-28)30(14-5-6-15-30)24-9-7-21(8-10-24)23-17-25(31)20-26(32)18-23/h7-12,17-20H,4-6,13-16H2,1-3H3. The van der Waals surface area contributed by atoms with Crippen molar-refractivity contribution in [2.24, 2.45) is 0 Å². The zero-order valence-electron chi connectivity index (χ0n) is 20.7. The Hall–Kier alpha value is -2.04. The summed E-state index contributed by atoms with van der Waals surface area (Å²) < 4.78 is 5.86. The predicted molar refractivity (Wildman–Crippen MR) is 147 cm³/mol. The number of fused-ring (bicyclic) bond motifs is 1. The van der Waals surface area contributed by atoms with Gasteiger partial charge in [-0.1, -0.05) is 47.5 Å². The minimum Gasteiger partial charge on any atom is -0.627 e. The van der Waals surface area contributed by atoms with Crippen molar-refractivity contribution >= 4 is 28.9 Å². The molecule has 0 aromatic heterocycles. The lowest BCUT2D eigenvalue weighted by atomic mass is 9.83. The van der Waals surface area contributed by atoms with E-state index in [4.69, 9.17) is 27.9 Å². The average molecular weight is 511 g/mol. The third-order valence-electron chi connectivity index (χ3n) is 8.03. The Balaban J connectivity index is 1.54. The summed E-state index contributed by atoms with van der Waals surface area (Å²) in [6.45, 7) is 6.75. The molecule has 1 atom stereocenters. The second-order valence-corrected chi connectivity index (χ2v) is 11.6. The van der Waals surface area contributed by atoms with Crippen LogP contribution in [-0.2, 0) is 12.0 Å². The summed E-state index contributed by atoms with van der Waals surface area (Å²) in [6.07, 6.45) is 5.78. The Bertz CT molecular complexity index is 1210. The minimum atomic E-state index is -0.498. The Morgan fingerprint density at radius 1 is 0.857 bits per heavy atom. The summed E-state index contributed by atoms with van der Waals surface area (Å²) in [4.78, 5) is 0. The Labute approximate surface area is 218 Å². The summed E-state index contributed by atoms with van der Waals surface area (Å²) in [5, 5.41) is 16.1. The molecule has 0 amide bonds. The van der Waals surface area contributed by atoms with Gasteiger partial charge in [-0.05, 0) is 81.8 Å². The topological polar surface area (TPSA) is 32.3 Å². The van der Waals surface area contributed by atoms with E-state index in [2.05, 4.69) is 44.2 Å². The molecule has 0 bridgehead atoms. The van der Waals surface area contributed by atoms with Crippen LogP contribution in [-0.4, -0.2) is 12.1 Å². The lowest BCUT2D eigenvalue weighted by Gasteiger charge is -2.55. The molecule has 35 heavy (non-hydrogen) atoms. The summed E-state index contributed by atoms with van der Waals surface area (Å²) in [5.74, 6) is 0.915. The lowest BCUT2D eigenvalue weighted by Crippen LogP contribution is -2.58. The van der Waals surface area contributed by atoms with Gasteiger partial charge in [0.25, 0.3) is 0 Å². The van der Waals surface area contributed by atoms with E-state index in [0.29, 0.717) is 16.6 Å². The second-order valence-electron chi connectivity index (χ2n) is 10.7. The molecular formula is C30H33Cl2NO2. The van der Waals surface area contributed by atoms with Gasteiger partial charge in [-0.25, -0.2) is 0 Å². The first-order chi connectivity index (χ1) is 16.7. The molecule has 0 spiro atoms. The van der Waals surface area contributed by atoms with Crippen LogP contribution in [0.15, 0.2) is 60.7 Å². The van der Waals surface area contributed by atoms with E-state index < -0.39 is 5.54 Å². The number of hydrogen-bond donors (Lipinski definition) is 0. The van der Waals surface area contributed by atoms with Gasteiger partial charge in [0.1, 0.15) is 22.6 Å². The van der Waals surface area contributed by atoms with E-state index in [1.54, 1.807) is 6.07 Å².